The minimum absolute atomic E-state index is 0.213. The van der Waals surface area contributed by atoms with Crippen molar-refractivity contribution in [1.29, 1.82) is 0 Å². The number of hydrogen-bond acceptors (Lipinski definition) is 2. The highest BCUT2D eigenvalue weighted by atomic mass is 16.4. The molecule has 0 amide bonds. The van der Waals surface area contributed by atoms with Gasteiger partial charge < -0.3 is 5.11 Å². The molecule has 1 saturated carbocycles. The average molecular weight is 433 g/mol. The molecular weight excluding hydrogens is 384 g/mol. The second kappa shape index (κ2) is 18.2. The first-order chi connectivity index (χ1) is 15.1. The fourth-order valence-electron chi connectivity index (χ4n) is 4.87. The van der Waals surface area contributed by atoms with Gasteiger partial charge in [0.1, 0.15) is 5.78 Å². The van der Waals surface area contributed by atoms with Crippen LogP contribution in [0.2, 0.25) is 0 Å². The fourth-order valence-corrected chi connectivity index (χ4v) is 4.87. The van der Waals surface area contributed by atoms with E-state index in [0.717, 1.165) is 44.9 Å². The monoisotopic (exact) mass is 432 g/mol. The van der Waals surface area contributed by atoms with Crippen LogP contribution in [-0.4, -0.2) is 16.9 Å². The van der Waals surface area contributed by atoms with Crippen LogP contribution in [0.15, 0.2) is 24.3 Å². The van der Waals surface area contributed by atoms with Gasteiger partial charge in [0.25, 0.3) is 0 Å². The summed E-state index contributed by atoms with van der Waals surface area (Å²) in [6.45, 7) is 4.47. The number of allylic oxidation sites excluding steroid dienone is 4. The molecule has 1 fully saturated rings. The largest absolute Gasteiger partial charge is 0.481 e. The number of Topliss-reactive ketones (excluding diaryl/α,β-unsaturated/α-hetero) is 1. The summed E-state index contributed by atoms with van der Waals surface area (Å²) in [7, 11) is 0. The molecule has 0 aromatic heterocycles. The van der Waals surface area contributed by atoms with E-state index in [1.807, 2.05) is 0 Å². The Morgan fingerprint density at radius 3 is 2.16 bits per heavy atom. The molecule has 1 aliphatic carbocycles. The minimum Gasteiger partial charge on any atom is -0.481 e. The minimum atomic E-state index is -0.724. The van der Waals surface area contributed by atoms with Crippen molar-refractivity contribution in [3.8, 4) is 0 Å². The van der Waals surface area contributed by atoms with Gasteiger partial charge in [-0.3, -0.25) is 9.59 Å². The molecule has 0 bridgehead atoms. The maximum atomic E-state index is 13.0. The van der Waals surface area contributed by atoms with Crippen LogP contribution < -0.4 is 0 Å². The topological polar surface area (TPSA) is 54.4 Å². The smallest absolute Gasteiger partial charge is 0.303 e. The van der Waals surface area contributed by atoms with Gasteiger partial charge in [0.2, 0.25) is 0 Å². The number of carboxylic acids is 1. The van der Waals surface area contributed by atoms with Crippen LogP contribution in [-0.2, 0) is 9.59 Å². The first-order valence-electron chi connectivity index (χ1n) is 13.2. The summed E-state index contributed by atoms with van der Waals surface area (Å²) in [6.07, 6.45) is 27.0. The fraction of sp³-hybridized carbons (Fsp3) is 0.786. The number of carboxylic acid groups (broad SMARTS) is 1. The zero-order chi connectivity index (χ0) is 22.7. The van der Waals surface area contributed by atoms with Crippen LogP contribution in [0.5, 0.6) is 0 Å². The molecule has 31 heavy (non-hydrogen) atoms. The standard InChI is InChI=1S/C28H48O3/c1-3-5-7-9-11-14-18-24-22-23-26(27(29)20-16-10-8-6-4-2)25(24)19-15-12-13-17-21-28(30)31/h12,14-15,18,24-26H,3-11,13,16-17,19-23H2,1-2H3,(H,30,31)/b15-12-,18-14+/t24-,25+,26+/m0/s1. The van der Waals surface area contributed by atoms with E-state index in [1.54, 1.807) is 0 Å². The number of rotatable bonds is 19. The highest BCUT2D eigenvalue weighted by molar-refractivity contribution is 5.81. The van der Waals surface area contributed by atoms with Crippen molar-refractivity contribution in [1.82, 2.24) is 0 Å². The molecule has 0 radical (unpaired) electrons. The van der Waals surface area contributed by atoms with Crippen molar-refractivity contribution in [2.24, 2.45) is 17.8 Å². The first kappa shape index (κ1) is 27.7. The number of ketones is 1. The normalized spacial score (nSPS) is 21.4. The maximum absolute atomic E-state index is 13.0. The van der Waals surface area contributed by atoms with Crippen LogP contribution in [0.3, 0.4) is 0 Å². The van der Waals surface area contributed by atoms with Crippen molar-refractivity contribution < 1.29 is 14.7 Å². The van der Waals surface area contributed by atoms with E-state index in [9.17, 15) is 9.59 Å². The van der Waals surface area contributed by atoms with Gasteiger partial charge in [0.05, 0.1) is 0 Å². The zero-order valence-corrected chi connectivity index (χ0v) is 20.3. The Hall–Kier alpha value is -1.38. The van der Waals surface area contributed by atoms with Crippen LogP contribution in [0.1, 0.15) is 123 Å². The molecule has 0 heterocycles. The third-order valence-electron chi connectivity index (χ3n) is 6.76. The molecule has 1 rings (SSSR count). The molecule has 0 aromatic rings. The Balaban J connectivity index is 2.56. The molecule has 0 aliphatic heterocycles. The molecule has 0 saturated heterocycles. The van der Waals surface area contributed by atoms with E-state index in [4.69, 9.17) is 5.11 Å². The molecular formula is C28H48O3. The molecule has 0 spiro atoms. The Labute approximate surface area is 191 Å². The van der Waals surface area contributed by atoms with Crippen molar-refractivity contribution in [3.05, 3.63) is 24.3 Å². The molecule has 1 N–H and O–H groups in total. The average Bonchev–Trinajstić information content (AvgIpc) is 3.15. The van der Waals surface area contributed by atoms with Gasteiger partial charge in [-0.15, -0.1) is 0 Å². The van der Waals surface area contributed by atoms with Crippen LogP contribution in [0.4, 0.5) is 0 Å². The van der Waals surface area contributed by atoms with Crippen molar-refractivity contribution in [3.63, 3.8) is 0 Å². The number of hydrogen-bond donors (Lipinski definition) is 1. The Morgan fingerprint density at radius 2 is 1.45 bits per heavy atom. The first-order valence-corrected chi connectivity index (χ1v) is 13.2. The number of aliphatic carboxylic acids is 1. The van der Waals surface area contributed by atoms with Gasteiger partial charge in [-0.2, -0.15) is 0 Å². The molecule has 0 aromatic carbocycles. The van der Waals surface area contributed by atoms with Crippen molar-refractivity contribution in [2.75, 3.05) is 0 Å². The molecule has 3 atom stereocenters. The van der Waals surface area contributed by atoms with E-state index in [-0.39, 0.29) is 12.3 Å². The summed E-state index contributed by atoms with van der Waals surface area (Å²) in [4.78, 5) is 23.6. The Morgan fingerprint density at radius 1 is 0.774 bits per heavy atom. The number of unbranched alkanes of at least 4 members (excludes halogenated alkanes) is 9. The lowest BCUT2D eigenvalue weighted by Gasteiger charge is -2.21. The van der Waals surface area contributed by atoms with Gasteiger partial charge >= 0.3 is 5.97 Å². The van der Waals surface area contributed by atoms with E-state index in [2.05, 4.69) is 38.2 Å². The van der Waals surface area contributed by atoms with Crippen molar-refractivity contribution in [2.45, 2.75) is 123 Å². The summed E-state index contributed by atoms with van der Waals surface area (Å²) in [5.74, 6) is 0.914. The van der Waals surface area contributed by atoms with Gasteiger partial charge in [-0.05, 0) is 63.2 Å². The molecule has 0 unspecified atom stereocenters. The van der Waals surface area contributed by atoms with Crippen LogP contribution in [0.25, 0.3) is 0 Å². The lowest BCUT2D eigenvalue weighted by molar-refractivity contribution is -0.137. The predicted molar refractivity (Wildman–Crippen MR) is 131 cm³/mol. The molecule has 3 nitrogen and oxygen atoms in total. The Kier molecular flexibility index (Phi) is 16.3. The van der Waals surface area contributed by atoms with Crippen LogP contribution >= 0.6 is 0 Å². The van der Waals surface area contributed by atoms with Gasteiger partial charge in [-0.1, -0.05) is 83.1 Å². The van der Waals surface area contributed by atoms with E-state index >= 15 is 0 Å². The lowest BCUT2D eigenvalue weighted by atomic mass is 9.82. The molecule has 178 valence electrons. The van der Waals surface area contributed by atoms with E-state index < -0.39 is 5.97 Å². The maximum Gasteiger partial charge on any atom is 0.303 e. The SMILES string of the molecule is CCCCCC/C=C/[C@H]1CC[C@@H](C(=O)CCCCCCC)[C@@H]1C/C=C\CCCC(=O)O. The van der Waals surface area contributed by atoms with Gasteiger partial charge in [0, 0.05) is 18.8 Å². The molecule has 1 aliphatic rings. The van der Waals surface area contributed by atoms with E-state index in [1.165, 1.54) is 51.4 Å². The van der Waals surface area contributed by atoms with Crippen molar-refractivity contribution >= 4 is 11.8 Å². The van der Waals surface area contributed by atoms with Crippen LogP contribution in [0, 0.1) is 17.8 Å². The summed E-state index contributed by atoms with van der Waals surface area (Å²) in [5, 5.41) is 8.77. The quantitative estimate of drug-likeness (QED) is 0.165. The van der Waals surface area contributed by atoms with Gasteiger partial charge in [-0.25, -0.2) is 0 Å². The third kappa shape index (κ3) is 12.9. The highest BCUT2D eigenvalue weighted by Gasteiger charge is 2.37. The van der Waals surface area contributed by atoms with Gasteiger partial charge in [0.15, 0.2) is 0 Å². The number of carbonyl (C=O) groups excluding carboxylic acids is 1. The summed E-state index contributed by atoms with van der Waals surface area (Å²) < 4.78 is 0. The number of carbonyl (C=O) groups is 2. The third-order valence-corrected chi connectivity index (χ3v) is 6.76. The second-order valence-electron chi connectivity index (χ2n) is 9.41. The summed E-state index contributed by atoms with van der Waals surface area (Å²) >= 11 is 0. The second-order valence-corrected chi connectivity index (χ2v) is 9.41. The lowest BCUT2D eigenvalue weighted by Crippen LogP contribution is -2.21. The summed E-state index contributed by atoms with van der Waals surface area (Å²) in [5.41, 5.74) is 0. The summed E-state index contributed by atoms with van der Waals surface area (Å²) in [6, 6.07) is 0. The highest BCUT2D eigenvalue weighted by Crippen LogP contribution is 2.41. The predicted octanol–water partition coefficient (Wildman–Crippen LogP) is 8.29. The zero-order valence-electron chi connectivity index (χ0n) is 20.3. The van der Waals surface area contributed by atoms with E-state index in [0.29, 0.717) is 24.0 Å². The Bertz CT molecular complexity index is 534. The molecule has 3 heteroatoms.